The number of nitrogens with zero attached hydrogens (tertiary/aromatic N) is 3. The second-order valence-corrected chi connectivity index (χ2v) is 10.9. The standard InChI is InChI=1S/C30H34N4O3S/c1-36-25-7-8-26-21(18-25)3-4-22-17-23(6-10-29(35)31-11-2-12-33-13-15-37-16-14-33)34(30(22)26)24-5-9-27-28(19-24)38-20-32-27/h5,7-9,17-20H,2-4,6,10-16H2,1H3,(H,31,35). The van der Waals surface area contributed by atoms with Crippen molar-refractivity contribution in [3.05, 3.63) is 64.8 Å². The lowest BCUT2D eigenvalue weighted by atomic mass is 9.90. The van der Waals surface area contributed by atoms with E-state index in [4.69, 9.17) is 9.47 Å². The van der Waals surface area contributed by atoms with Crippen LogP contribution in [0.5, 0.6) is 5.75 Å². The van der Waals surface area contributed by atoms with Crippen molar-refractivity contribution in [2.75, 3.05) is 46.5 Å². The number of amides is 1. The minimum atomic E-state index is 0.112. The fourth-order valence-electron chi connectivity index (χ4n) is 5.66. The maximum absolute atomic E-state index is 12.8. The van der Waals surface area contributed by atoms with Crippen LogP contribution in [0.4, 0.5) is 0 Å². The molecule has 0 bridgehead atoms. The van der Waals surface area contributed by atoms with E-state index < -0.39 is 0 Å². The van der Waals surface area contributed by atoms with Crippen LogP contribution in [0.15, 0.2) is 48.0 Å². The van der Waals surface area contributed by atoms with Crippen molar-refractivity contribution in [1.29, 1.82) is 0 Å². The summed E-state index contributed by atoms with van der Waals surface area (Å²) in [6.45, 7) is 5.31. The highest BCUT2D eigenvalue weighted by atomic mass is 32.1. The highest BCUT2D eigenvalue weighted by Gasteiger charge is 2.25. The largest absolute Gasteiger partial charge is 0.497 e. The molecule has 0 saturated carbocycles. The number of methoxy groups -OCH3 is 1. The Labute approximate surface area is 227 Å². The van der Waals surface area contributed by atoms with Crippen LogP contribution in [0.25, 0.3) is 27.2 Å². The quantitative estimate of drug-likeness (QED) is 0.320. The number of morpholine rings is 1. The van der Waals surface area contributed by atoms with Crippen LogP contribution in [0.2, 0.25) is 0 Å². The number of thiazole rings is 1. The van der Waals surface area contributed by atoms with Crippen LogP contribution in [-0.4, -0.2) is 66.9 Å². The molecule has 38 heavy (non-hydrogen) atoms. The lowest BCUT2D eigenvalue weighted by Gasteiger charge is -2.26. The third kappa shape index (κ3) is 5.21. The SMILES string of the molecule is COc1ccc2c(c1)CCc1cc(CCC(=O)NCCCN3CCOCC3)n(-c3ccc4ncsc4c3)c1-2. The fraction of sp³-hybridized carbons (Fsp3) is 0.400. The Kier molecular flexibility index (Phi) is 7.44. The van der Waals surface area contributed by atoms with Crippen molar-refractivity contribution < 1.29 is 14.3 Å². The van der Waals surface area contributed by atoms with Gasteiger partial charge in [-0.15, -0.1) is 11.3 Å². The first-order chi connectivity index (χ1) is 18.7. The first kappa shape index (κ1) is 25.1. The van der Waals surface area contributed by atoms with Gasteiger partial charge < -0.3 is 19.4 Å². The molecular weight excluding hydrogens is 496 g/mol. The number of fused-ring (bicyclic) bond motifs is 4. The molecule has 2 aliphatic rings. The summed E-state index contributed by atoms with van der Waals surface area (Å²) in [6.07, 6.45) is 4.09. The summed E-state index contributed by atoms with van der Waals surface area (Å²) in [6, 6.07) is 15.2. The van der Waals surface area contributed by atoms with E-state index >= 15 is 0 Å². The lowest BCUT2D eigenvalue weighted by molar-refractivity contribution is -0.121. The first-order valence-electron chi connectivity index (χ1n) is 13.5. The number of carbonyl (C=O) groups is 1. The van der Waals surface area contributed by atoms with Crippen molar-refractivity contribution in [2.24, 2.45) is 0 Å². The molecule has 1 saturated heterocycles. The van der Waals surface area contributed by atoms with E-state index in [9.17, 15) is 4.79 Å². The number of carbonyl (C=O) groups excluding carboxylic acids is 1. The number of ether oxygens (including phenoxy) is 2. The molecule has 0 atom stereocenters. The van der Waals surface area contributed by atoms with Crippen molar-refractivity contribution in [3.8, 4) is 22.7 Å². The Morgan fingerprint density at radius 2 is 1.97 bits per heavy atom. The van der Waals surface area contributed by atoms with Gasteiger partial charge in [0.2, 0.25) is 5.91 Å². The van der Waals surface area contributed by atoms with E-state index in [1.807, 2.05) is 11.6 Å². The minimum absolute atomic E-state index is 0.112. The van der Waals surface area contributed by atoms with Gasteiger partial charge in [0, 0.05) is 43.0 Å². The number of hydrogen-bond acceptors (Lipinski definition) is 6. The van der Waals surface area contributed by atoms with Gasteiger partial charge in [-0.1, -0.05) is 0 Å². The summed E-state index contributed by atoms with van der Waals surface area (Å²) < 4.78 is 14.4. The smallest absolute Gasteiger partial charge is 0.220 e. The summed E-state index contributed by atoms with van der Waals surface area (Å²) in [5.74, 6) is 1.00. The van der Waals surface area contributed by atoms with Crippen LogP contribution in [0, 0.1) is 0 Å². The van der Waals surface area contributed by atoms with Crippen LogP contribution >= 0.6 is 11.3 Å². The Morgan fingerprint density at radius 3 is 2.84 bits per heavy atom. The highest BCUT2D eigenvalue weighted by Crippen LogP contribution is 2.40. The Hall–Kier alpha value is -3.20. The van der Waals surface area contributed by atoms with E-state index in [0.29, 0.717) is 19.4 Å². The molecule has 4 aromatic rings. The molecular formula is C30H34N4O3S. The second-order valence-electron chi connectivity index (χ2n) is 10.0. The zero-order chi connectivity index (χ0) is 25.9. The summed E-state index contributed by atoms with van der Waals surface area (Å²) in [5, 5.41) is 3.14. The monoisotopic (exact) mass is 530 g/mol. The van der Waals surface area contributed by atoms with Crippen molar-refractivity contribution in [2.45, 2.75) is 32.1 Å². The average Bonchev–Trinajstić information content (AvgIpc) is 3.58. The average molecular weight is 531 g/mol. The number of benzene rings is 2. The lowest BCUT2D eigenvalue weighted by Crippen LogP contribution is -2.38. The Morgan fingerprint density at radius 1 is 1.11 bits per heavy atom. The minimum Gasteiger partial charge on any atom is -0.497 e. The zero-order valence-electron chi connectivity index (χ0n) is 21.9. The van der Waals surface area contributed by atoms with Gasteiger partial charge in [-0.3, -0.25) is 9.69 Å². The molecule has 8 heteroatoms. The molecule has 198 valence electrons. The van der Waals surface area contributed by atoms with E-state index in [-0.39, 0.29) is 5.91 Å². The van der Waals surface area contributed by atoms with E-state index in [1.54, 1.807) is 18.4 Å². The van der Waals surface area contributed by atoms with Gasteiger partial charge in [0.15, 0.2) is 0 Å². The number of aromatic nitrogens is 2. The van der Waals surface area contributed by atoms with Crippen LogP contribution < -0.4 is 10.1 Å². The molecule has 0 radical (unpaired) electrons. The fourth-order valence-corrected chi connectivity index (χ4v) is 6.37. The van der Waals surface area contributed by atoms with Gasteiger partial charge in [-0.05, 0) is 85.8 Å². The zero-order valence-corrected chi connectivity index (χ0v) is 22.7. The van der Waals surface area contributed by atoms with Gasteiger partial charge in [-0.2, -0.15) is 0 Å². The molecule has 2 aromatic heterocycles. The van der Waals surface area contributed by atoms with E-state index in [2.05, 4.69) is 56.2 Å². The molecule has 1 aliphatic carbocycles. The highest BCUT2D eigenvalue weighted by molar-refractivity contribution is 7.16. The topological polar surface area (TPSA) is 68.6 Å². The van der Waals surface area contributed by atoms with Crippen molar-refractivity contribution in [1.82, 2.24) is 19.8 Å². The molecule has 0 spiro atoms. The van der Waals surface area contributed by atoms with E-state index in [0.717, 1.165) is 69.1 Å². The van der Waals surface area contributed by atoms with E-state index in [1.165, 1.54) is 32.8 Å². The normalized spacial score (nSPS) is 15.3. The number of nitrogens with one attached hydrogen (secondary N) is 1. The predicted octanol–water partition coefficient (Wildman–Crippen LogP) is 4.63. The van der Waals surface area contributed by atoms with Crippen LogP contribution in [0.1, 0.15) is 29.7 Å². The van der Waals surface area contributed by atoms with Gasteiger partial charge in [0.1, 0.15) is 5.75 Å². The second kappa shape index (κ2) is 11.3. The molecule has 7 nitrogen and oxygen atoms in total. The molecule has 1 fully saturated rings. The molecule has 1 N–H and O–H groups in total. The molecule has 0 unspecified atom stereocenters. The Bertz CT molecular complexity index is 1440. The molecule has 6 rings (SSSR count). The first-order valence-corrected chi connectivity index (χ1v) is 14.4. The van der Waals surface area contributed by atoms with Crippen LogP contribution in [-0.2, 0) is 28.8 Å². The summed E-state index contributed by atoms with van der Waals surface area (Å²) in [7, 11) is 1.72. The number of hydrogen-bond donors (Lipinski definition) is 1. The molecule has 1 amide bonds. The molecule has 2 aromatic carbocycles. The third-order valence-electron chi connectivity index (χ3n) is 7.65. The summed E-state index contributed by atoms with van der Waals surface area (Å²) in [4.78, 5) is 19.7. The number of aryl methyl sites for hydroxylation is 3. The van der Waals surface area contributed by atoms with Gasteiger partial charge >= 0.3 is 0 Å². The third-order valence-corrected chi connectivity index (χ3v) is 8.44. The number of rotatable bonds is 9. The summed E-state index contributed by atoms with van der Waals surface area (Å²) >= 11 is 1.66. The van der Waals surface area contributed by atoms with Crippen molar-refractivity contribution >= 4 is 27.5 Å². The molecule has 1 aliphatic heterocycles. The van der Waals surface area contributed by atoms with Gasteiger partial charge in [0.05, 0.1) is 41.7 Å². The van der Waals surface area contributed by atoms with Crippen molar-refractivity contribution in [3.63, 3.8) is 0 Å². The molecule has 3 heterocycles. The van der Waals surface area contributed by atoms with Gasteiger partial charge in [0.25, 0.3) is 0 Å². The van der Waals surface area contributed by atoms with Crippen LogP contribution in [0.3, 0.4) is 0 Å². The van der Waals surface area contributed by atoms with Gasteiger partial charge in [-0.25, -0.2) is 4.98 Å². The summed E-state index contributed by atoms with van der Waals surface area (Å²) in [5.41, 5.74) is 10.3. The predicted molar refractivity (Wildman–Crippen MR) is 152 cm³/mol. The maximum atomic E-state index is 12.8. The maximum Gasteiger partial charge on any atom is 0.220 e. The Balaban J connectivity index is 1.22.